The van der Waals surface area contributed by atoms with Crippen LogP contribution >= 0.6 is 0 Å². The van der Waals surface area contributed by atoms with Gasteiger partial charge in [0, 0.05) is 37.8 Å². The zero-order chi connectivity index (χ0) is 17.5. The zero-order valence-electron chi connectivity index (χ0n) is 15.1. The minimum Gasteiger partial charge on any atom is -0.381 e. The Bertz CT molecular complexity index is 537. The van der Waals surface area contributed by atoms with E-state index in [4.69, 9.17) is 10.5 Å². The van der Waals surface area contributed by atoms with Crippen LogP contribution in [0.5, 0.6) is 0 Å². The Morgan fingerprint density at radius 2 is 1.84 bits per heavy atom. The van der Waals surface area contributed by atoms with Crippen LogP contribution in [0, 0.1) is 0 Å². The van der Waals surface area contributed by atoms with Gasteiger partial charge in [-0.05, 0) is 44.3 Å². The Labute approximate surface area is 150 Å². The van der Waals surface area contributed by atoms with Crippen molar-refractivity contribution in [2.75, 3.05) is 32.8 Å². The number of nitrogens with two attached hydrogens (primary N) is 1. The van der Waals surface area contributed by atoms with Crippen molar-refractivity contribution >= 4 is 5.91 Å². The first kappa shape index (κ1) is 18.4. The Morgan fingerprint density at radius 1 is 1.16 bits per heavy atom. The van der Waals surface area contributed by atoms with Crippen molar-refractivity contribution in [2.24, 2.45) is 5.73 Å². The van der Waals surface area contributed by atoms with E-state index < -0.39 is 0 Å². The number of carbonyl (C=O) groups excluding carboxylic acids is 1. The highest BCUT2D eigenvalue weighted by atomic mass is 16.5. The lowest BCUT2D eigenvalue weighted by molar-refractivity contribution is -0.123. The van der Waals surface area contributed by atoms with E-state index in [1.807, 2.05) is 30.3 Å². The summed E-state index contributed by atoms with van der Waals surface area (Å²) in [7, 11) is 0. The lowest BCUT2D eigenvalue weighted by atomic mass is 9.86. The summed E-state index contributed by atoms with van der Waals surface area (Å²) in [5.41, 5.74) is 7.26. The van der Waals surface area contributed by atoms with Gasteiger partial charge in [-0.15, -0.1) is 0 Å². The molecule has 0 radical (unpaired) electrons. The normalized spacial score (nSPS) is 22.3. The molecule has 2 fully saturated rings. The molecule has 1 aromatic rings. The minimum atomic E-state index is -0.248. The molecule has 3 N–H and O–H groups in total. The van der Waals surface area contributed by atoms with E-state index in [1.54, 1.807) is 0 Å². The molecule has 2 aliphatic heterocycles. The number of rotatable bonds is 6. The van der Waals surface area contributed by atoms with E-state index in [2.05, 4.69) is 10.2 Å². The molecule has 0 bridgehead atoms. The molecule has 1 unspecified atom stereocenters. The first-order chi connectivity index (χ1) is 12.2. The molecule has 3 rings (SSSR count). The molecule has 0 aliphatic carbocycles. The maximum atomic E-state index is 12.5. The first-order valence-corrected chi connectivity index (χ1v) is 9.60. The third-order valence-corrected chi connectivity index (χ3v) is 5.70. The lowest BCUT2D eigenvalue weighted by Crippen LogP contribution is -2.59. The fourth-order valence-corrected chi connectivity index (χ4v) is 4.08. The van der Waals surface area contributed by atoms with Gasteiger partial charge < -0.3 is 15.8 Å². The van der Waals surface area contributed by atoms with Gasteiger partial charge in [-0.25, -0.2) is 0 Å². The second-order valence-electron chi connectivity index (χ2n) is 7.38. The van der Waals surface area contributed by atoms with Gasteiger partial charge >= 0.3 is 0 Å². The molecule has 1 amide bonds. The third-order valence-electron chi connectivity index (χ3n) is 5.70. The van der Waals surface area contributed by atoms with Crippen molar-refractivity contribution in [2.45, 2.75) is 50.1 Å². The van der Waals surface area contributed by atoms with Gasteiger partial charge in [-0.3, -0.25) is 9.69 Å². The lowest BCUT2D eigenvalue weighted by Gasteiger charge is -2.48. The topological polar surface area (TPSA) is 67.6 Å². The molecule has 5 heteroatoms. The maximum Gasteiger partial charge on any atom is 0.221 e. The third kappa shape index (κ3) is 4.81. The first-order valence-electron chi connectivity index (χ1n) is 9.60. The van der Waals surface area contributed by atoms with Gasteiger partial charge in [0.05, 0.1) is 0 Å². The number of hydrogen-bond acceptors (Lipinski definition) is 4. The Hall–Kier alpha value is -1.43. The smallest absolute Gasteiger partial charge is 0.221 e. The summed E-state index contributed by atoms with van der Waals surface area (Å²) in [5, 5.41) is 3.18. The summed E-state index contributed by atoms with van der Waals surface area (Å²) in [6, 6.07) is 9.59. The average Bonchev–Trinajstić information content (AvgIpc) is 2.68. The summed E-state index contributed by atoms with van der Waals surface area (Å²) in [5.74, 6) is 0.0410. The van der Waals surface area contributed by atoms with Crippen molar-refractivity contribution in [3.05, 3.63) is 35.9 Å². The maximum absolute atomic E-state index is 12.5. The summed E-state index contributed by atoms with van der Waals surface area (Å²) in [4.78, 5) is 15.0. The highest BCUT2D eigenvalue weighted by Crippen LogP contribution is 2.30. The molecule has 0 saturated carbocycles. The van der Waals surface area contributed by atoms with Gasteiger partial charge in [0.2, 0.25) is 5.91 Å². The van der Waals surface area contributed by atoms with Crippen LogP contribution in [-0.2, 0) is 9.53 Å². The van der Waals surface area contributed by atoms with Crippen molar-refractivity contribution < 1.29 is 9.53 Å². The molecule has 2 heterocycles. The number of nitrogens with zero attached hydrogens (tertiary/aromatic N) is 1. The van der Waals surface area contributed by atoms with Crippen LogP contribution in [0.2, 0.25) is 0 Å². The quantitative estimate of drug-likeness (QED) is 0.830. The van der Waals surface area contributed by atoms with Crippen molar-refractivity contribution in [1.29, 1.82) is 0 Å². The number of likely N-dealkylation sites (tertiary alicyclic amines) is 1. The van der Waals surface area contributed by atoms with E-state index in [0.717, 1.165) is 44.7 Å². The van der Waals surface area contributed by atoms with Gasteiger partial charge in [0.25, 0.3) is 0 Å². The predicted molar refractivity (Wildman–Crippen MR) is 99.2 cm³/mol. The predicted octanol–water partition coefficient (Wildman–Crippen LogP) is 2.23. The molecule has 1 atom stereocenters. The number of amides is 1. The average molecular weight is 345 g/mol. The van der Waals surface area contributed by atoms with Gasteiger partial charge in [-0.2, -0.15) is 0 Å². The monoisotopic (exact) mass is 345 g/mol. The molecule has 0 aromatic heterocycles. The van der Waals surface area contributed by atoms with Crippen LogP contribution in [0.1, 0.15) is 50.1 Å². The van der Waals surface area contributed by atoms with Crippen LogP contribution in [0.15, 0.2) is 30.3 Å². The summed E-state index contributed by atoms with van der Waals surface area (Å²) in [6.45, 7) is 4.56. The Balaban J connectivity index is 1.56. The Kier molecular flexibility index (Phi) is 6.45. The van der Waals surface area contributed by atoms with E-state index in [-0.39, 0.29) is 17.5 Å². The van der Waals surface area contributed by atoms with Crippen LogP contribution < -0.4 is 11.1 Å². The molecule has 25 heavy (non-hydrogen) atoms. The number of hydrogen-bond donors (Lipinski definition) is 2. The van der Waals surface area contributed by atoms with E-state index >= 15 is 0 Å². The molecule has 138 valence electrons. The summed E-state index contributed by atoms with van der Waals surface area (Å²) >= 11 is 0. The number of benzene rings is 1. The molecule has 2 aliphatic rings. The van der Waals surface area contributed by atoms with Crippen molar-refractivity contribution in [3.8, 4) is 0 Å². The fraction of sp³-hybridized carbons (Fsp3) is 0.650. The Morgan fingerprint density at radius 3 is 2.52 bits per heavy atom. The zero-order valence-corrected chi connectivity index (χ0v) is 15.1. The molecular weight excluding hydrogens is 314 g/mol. The molecule has 2 saturated heterocycles. The second-order valence-corrected chi connectivity index (χ2v) is 7.38. The summed E-state index contributed by atoms with van der Waals surface area (Å²) in [6.07, 6.45) is 6.17. The SMILES string of the molecule is NC(CC(=O)NCC1(N2CCCCC2)CCOCC1)c1ccccc1. The van der Waals surface area contributed by atoms with Crippen molar-refractivity contribution in [1.82, 2.24) is 10.2 Å². The minimum absolute atomic E-state index is 0.0410. The standard InChI is InChI=1S/C20H31N3O2/c21-18(17-7-3-1-4-8-17)15-19(24)22-16-20(9-13-25-14-10-20)23-11-5-2-6-12-23/h1,3-4,7-8,18H,2,5-6,9-16,21H2,(H,22,24). The molecule has 5 nitrogen and oxygen atoms in total. The second kappa shape index (κ2) is 8.79. The molecule has 0 spiro atoms. The van der Waals surface area contributed by atoms with E-state index in [1.165, 1.54) is 19.3 Å². The number of carbonyl (C=O) groups is 1. The number of ether oxygens (including phenoxy) is 1. The molecule has 1 aromatic carbocycles. The largest absolute Gasteiger partial charge is 0.381 e. The van der Waals surface area contributed by atoms with Crippen LogP contribution in [-0.4, -0.2) is 49.2 Å². The van der Waals surface area contributed by atoms with Crippen molar-refractivity contribution in [3.63, 3.8) is 0 Å². The van der Waals surface area contributed by atoms with Gasteiger partial charge in [0.15, 0.2) is 0 Å². The highest BCUT2D eigenvalue weighted by molar-refractivity contribution is 5.76. The fourth-order valence-electron chi connectivity index (χ4n) is 4.08. The van der Waals surface area contributed by atoms with Gasteiger partial charge in [-0.1, -0.05) is 36.8 Å². The van der Waals surface area contributed by atoms with Crippen LogP contribution in [0.25, 0.3) is 0 Å². The van der Waals surface area contributed by atoms with Crippen LogP contribution in [0.4, 0.5) is 0 Å². The van der Waals surface area contributed by atoms with E-state index in [9.17, 15) is 4.79 Å². The molecular formula is C20H31N3O2. The number of piperidine rings is 1. The van der Waals surface area contributed by atoms with E-state index in [0.29, 0.717) is 13.0 Å². The van der Waals surface area contributed by atoms with Crippen LogP contribution in [0.3, 0.4) is 0 Å². The highest BCUT2D eigenvalue weighted by Gasteiger charge is 2.39. The number of nitrogens with one attached hydrogen (secondary N) is 1. The summed E-state index contributed by atoms with van der Waals surface area (Å²) < 4.78 is 5.59. The van der Waals surface area contributed by atoms with Gasteiger partial charge in [0.1, 0.15) is 0 Å².